The van der Waals surface area contributed by atoms with Crippen molar-refractivity contribution in [2.75, 3.05) is 0 Å². The summed E-state index contributed by atoms with van der Waals surface area (Å²) in [5.41, 5.74) is 0.926. The van der Waals surface area contributed by atoms with Crippen molar-refractivity contribution in [2.45, 2.75) is 69.9 Å². The summed E-state index contributed by atoms with van der Waals surface area (Å²) >= 11 is 3.07. The Morgan fingerprint density at radius 3 is 2.80 bits per heavy atom. The molecule has 0 spiro atoms. The number of nitrogens with zero attached hydrogens (tertiary/aromatic N) is 1. The van der Waals surface area contributed by atoms with Crippen LogP contribution in [0.15, 0.2) is 4.79 Å². The Labute approximate surface area is 156 Å². The second kappa shape index (κ2) is 7.91. The van der Waals surface area contributed by atoms with Gasteiger partial charge in [0.2, 0.25) is 5.91 Å². The van der Waals surface area contributed by atoms with Gasteiger partial charge in [-0.1, -0.05) is 19.3 Å². The first-order valence-electron chi connectivity index (χ1n) is 8.86. The molecule has 1 fully saturated rings. The first kappa shape index (κ1) is 18.5. The lowest BCUT2D eigenvalue weighted by atomic mass is 9.95. The van der Waals surface area contributed by atoms with Gasteiger partial charge in [-0.15, -0.1) is 23.1 Å². The fourth-order valence-electron chi connectivity index (χ4n) is 3.21. The van der Waals surface area contributed by atoms with E-state index < -0.39 is 0 Å². The van der Waals surface area contributed by atoms with E-state index in [9.17, 15) is 9.59 Å². The summed E-state index contributed by atoms with van der Waals surface area (Å²) in [6.45, 7) is 5.88. The standard InChI is InChI=1S/C18H25N3O2S2/c1-10-11(2)25-18-15(10)17(23)20-14(21-18)9-24-12(3)16(22)19-13-7-5-4-6-8-13/h12-13H,4-9H2,1-3H3,(H,19,22)(H,20,21,23). The van der Waals surface area contributed by atoms with Gasteiger partial charge in [0.05, 0.1) is 16.4 Å². The first-order valence-corrected chi connectivity index (χ1v) is 10.7. The SMILES string of the molecule is Cc1sc2nc(CSC(C)C(=O)NC3CCCCC3)[nH]c(=O)c2c1C. The van der Waals surface area contributed by atoms with Gasteiger partial charge in [0, 0.05) is 10.9 Å². The van der Waals surface area contributed by atoms with E-state index in [2.05, 4.69) is 15.3 Å². The molecule has 1 atom stereocenters. The molecule has 136 valence electrons. The highest BCUT2D eigenvalue weighted by Gasteiger charge is 2.20. The number of aryl methyl sites for hydroxylation is 2. The molecule has 3 rings (SSSR count). The number of rotatable bonds is 5. The van der Waals surface area contributed by atoms with Gasteiger partial charge >= 0.3 is 0 Å². The maximum absolute atomic E-state index is 12.3. The largest absolute Gasteiger partial charge is 0.352 e. The lowest BCUT2D eigenvalue weighted by Crippen LogP contribution is -2.40. The van der Waals surface area contributed by atoms with Gasteiger partial charge in [0.25, 0.3) is 5.56 Å². The second-order valence-electron chi connectivity index (χ2n) is 6.77. The Hall–Kier alpha value is -1.34. The molecule has 2 heterocycles. The normalized spacial score (nSPS) is 16.9. The number of aromatic amines is 1. The van der Waals surface area contributed by atoms with E-state index in [4.69, 9.17) is 0 Å². The number of aromatic nitrogens is 2. The van der Waals surface area contributed by atoms with Gasteiger partial charge < -0.3 is 10.3 Å². The van der Waals surface area contributed by atoms with Crippen molar-refractivity contribution in [1.29, 1.82) is 0 Å². The molecule has 1 saturated carbocycles. The summed E-state index contributed by atoms with van der Waals surface area (Å²) in [6, 6.07) is 0.329. The molecule has 1 aliphatic carbocycles. The van der Waals surface area contributed by atoms with Crippen LogP contribution in [0.4, 0.5) is 0 Å². The number of thiophene rings is 1. The number of carbonyl (C=O) groups is 1. The molecule has 1 unspecified atom stereocenters. The van der Waals surface area contributed by atoms with Crippen LogP contribution in [0.25, 0.3) is 10.2 Å². The van der Waals surface area contributed by atoms with Crippen LogP contribution in [0.2, 0.25) is 0 Å². The fourth-order valence-corrected chi connectivity index (χ4v) is 5.03. The molecule has 0 aromatic carbocycles. The zero-order valence-corrected chi connectivity index (χ0v) is 16.6. The number of nitrogens with one attached hydrogen (secondary N) is 2. The lowest BCUT2D eigenvalue weighted by Gasteiger charge is -2.24. The molecule has 0 radical (unpaired) electrons. The minimum absolute atomic E-state index is 0.0817. The molecule has 25 heavy (non-hydrogen) atoms. The van der Waals surface area contributed by atoms with Gasteiger partial charge in [0.1, 0.15) is 10.7 Å². The van der Waals surface area contributed by atoms with Crippen LogP contribution < -0.4 is 10.9 Å². The average Bonchev–Trinajstić information content (AvgIpc) is 2.88. The topological polar surface area (TPSA) is 74.8 Å². The van der Waals surface area contributed by atoms with Crippen LogP contribution in [0, 0.1) is 13.8 Å². The third-order valence-electron chi connectivity index (χ3n) is 4.88. The highest BCUT2D eigenvalue weighted by atomic mass is 32.2. The monoisotopic (exact) mass is 379 g/mol. The van der Waals surface area contributed by atoms with E-state index in [0.29, 0.717) is 23.0 Å². The molecule has 5 nitrogen and oxygen atoms in total. The van der Waals surface area contributed by atoms with Crippen LogP contribution in [0.1, 0.15) is 55.3 Å². The van der Waals surface area contributed by atoms with E-state index >= 15 is 0 Å². The van der Waals surface area contributed by atoms with E-state index in [0.717, 1.165) is 28.1 Å². The van der Waals surface area contributed by atoms with Crippen LogP contribution in [0.5, 0.6) is 0 Å². The van der Waals surface area contributed by atoms with Crippen molar-refractivity contribution >= 4 is 39.2 Å². The van der Waals surface area contributed by atoms with Gasteiger partial charge in [-0.05, 0) is 39.2 Å². The Bertz CT molecular complexity index is 822. The lowest BCUT2D eigenvalue weighted by molar-refractivity contribution is -0.121. The van der Waals surface area contributed by atoms with E-state index in [-0.39, 0.29) is 16.7 Å². The quantitative estimate of drug-likeness (QED) is 0.831. The van der Waals surface area contributed by atoms with Crippen molar-refractivity contribution in [3.8, 4) is 0 Å². The number of hydrogen-bond donors (Lipinski definition) is 2. The molecular formula is C18H25N3O2S2. The van der Waals surface area contributed by atoms with E-state index in [1.54, 1.807) is 11.3 Å². The van der Waals surface area contributed by atoms with Gasteiger partial charge in [-0.2, -0.15) is 0 Å². The third kappa shape index (κ3) is 4.26. The molecule has 2 aromatic heterocycles. The van der Waals surface area contributed by atoms with Crippen molar-refractivity contribution in [1.82, 2.24) is 15.3 Å². The molecule has 0 saturated heterocycles. The average molecular weight is 380 g/mol. The molecular weight excluding hydrogens is 354 g/mol. The zero-order valence-electron chi connectivity index (χ0n) is 15.0. The number of thioether (sulfide) groups is 1. The minimum Gasteiger partial charge on any atom is -0.352 e. The zero-order chi connectivity index (χ0) is 18.0. The summed E-state index contributed by atoms with van der Waals surface area (Å²) < 4.78 is 0. The predicted molar refractivity (Wildman–Crippen MR) is 105 cm³/mol. The highest BCUT2D eigenvalue weighted by molar-refractivity contribution is 7.99. The van der Waals surface area contributed by atoms with Gasteiger partial charge in [-0.25, -0.2) is 4.98 Å². The van der Waals surface area contributed by atoms with Gasteiger partial charge in [-0.3, -0.25) is 9.59 Å². The number of fused-ring (bicyclic) bond motifs is 1. The maximum Gasteiger partial charge on any atom is 0.259 e. The van der Waals surface area contributed by atoms with Crippen LogP contribution in [-0.4, -0.2) is 27.2 Å². The Morgan fingerprint density at radius 2 is 2.08 bits per heavy atom. The predicted octanol–water partition coefficient (Wildman–Crippen LogP) is 3.67. The molecule has 0 aliphatic heterocycles. The Kier molecular flexibility index (Phi) is 5.84. The third-order valence-corrected chi connectivity index (χ3v) is 7.13. The molecule has 2 N–H and O–H groups in total. The van der Waals surface area contributed by atoms with Crippen LogP contribution in [0.3, 0.4) is 0 Å². The Balaban J connectivity index is 1.61. The number of carbonyl (C=O) groups excluding carboxylic acids is 1. The van der Waals surface area contributed by atoms with Crippen molar-refractivity contribution in [3.05, 3.63) is 26.6 Å². The summed E-state index contributed by atoms with van der Waals surface area (Å²) in [4.78, 5) is 34.0. The molecule has 7 heteroatoms. The van der Waals surface area contributed by atoms with Gasteiger partial charge in [0.15, 0.2) is 0 Å². The number of hydrogen-bond acceptors (Lipinski definition) is 5. The molecule has 0 bridgehead atoms. The minimum atomic E-state index is -0.158. The fraction of sp³-hybridized carbons (Fsp3) is 0.611. The Morgan fingerprint density at radius 1 is 1.36 bits per heavy atom. The van der Waals surface area contributed by atoms with Crippen molar-refractivity contribution in [2.24, 2.45) is 0 Å². The van der Waals surface area contributed by atoms with Crippen molar-refractivity contribution in [3.63, 3.8) is 0 Å². The van der Waals surface area contributed by atoms with E-state index in [1.807, 2.05) is 20.8 Å². The van der Waals surface area contributed by atoms with Crippen LogP contribution in [-0.2, 0) is 10.5 Å². The number of H-pyrrole nitrogens is 1. The van der Waals surface area contributed by atoms with Crippen molar-refractivity contribution < 1.29 is 4.79 Å². The summed E-state index contributed by atoms with van der Waals surface area (Å²) in [5.74, 6) is 1.25. The van der Waals surface area contributed by atoms with Crippen LogP contribution >= 0.6 is 23.1 Å². The first-order chi connectivity index (χ1) is 12.0. The molecule has 2 aromatic rings. The highest BCUT2D eigenvalue weighted by Crippen LogP contribution is 2.26. The summed E-state index contributed by atoms with van der Waals surface area (Å²) in [6.07, 6.45) is 5.87. The molecule has 1 amide bonds. The van der Waals surface area contributed by atoms with E-state index in [1.165, 1.54) is 31.0 Å². The molecule has 1 aliphatic rings. The maximum atomic E-state index is 12.3. The smallest absolute Gasteiger partial charge is 0.259 e. The summed E-state index contributed by atoms with van der Waals surface area (Å²) in [7, 11) is 0. The number of amides is 1. The summed E-state index contributed by atoms with van der Waals surface area (Å²) in [5, 5.41) is 3.69. The second-order valence-corrected chi connectivity index (χ2v) is 9.31.